The Morgan fingerprint density at radius 3 is 2.55 bits per heavy atom. The van der Waals surface area contributed by atoms with Gasteiger partial charge in [-0.25, -0.2) is 4.79 Å². The van der Waals surface area contributed by atoms with Gasteiger partial charge in [0, 0.05) is 19.6 Å². The Balaban J connectivity index is 1.88. The van der Waals surface area contributed by atoms with Crippen molar-refractivity contribution in [1.29, 1.82) is 0 Å². The second-order valence-corrected chi connectivity index (χ2v) is 5.35. The largest absolute Gasteiger partial charge is 0.481 e. The second kappa shape index (κ2) is 7.64. The number of amides is 2. The van der Waals surface area contributed by atoms with Crippen molar-refractivity contribution in [1.82, 2.24) is 10.2 Å². The number of hydrogen-bond donors (Lipinski definition) is 2. The Hall–Kier alpha value is -2.30. The second-order valence-electron chi connectivity index (χ2n) is 5.35. The molecule has 0 atom stereocenters. The zero-order valence-electron chi connectivity index (χ0n) is 12.8. The van der Waals surface area contributed by atoms with Gasteiger partial charge in [-0.3, -0.25) is 4.79 Å². The number of carboxylic acid groups (broad SMARTS) is 1. The molecule has 0 radical (unpaired) electrons. The first-order chi connectivity index (χ1) is 10.6. The highest BCUT2D eigenvalue weighted by atomic mass is 16.4. The molecule has 0 bridgehead atoms. The summed E-state index contributed by atoms with van der Waals surface area (Å²) in [5.74, 6) is -0.906. The average Bonchev–Trinajstić information content (AvgIpc) is 2.54. The van der Waals surface area contributed by atoms with E-state index in [1.807, 2.05) is 0 Å². The maximum atomic E-state index is 11.9. The summed E-state index contributed by atoms with van der Waals surface area (Å²) in [5.41, 5.74) is 3.79. The van der Waals surface area contributed by atoms with Crippen LogP contribution in [0, 0.1) is 0 Å². The first-order valence-corrected chi connectivity index (χ1v) is 7.63. The van der Waals surface area contributed by atoms with Crippen LogP contribution in [0.1, 0.15) is 30.9 Å². The van der Waals surface area contributed by atoms with Gasteiger partial charge in [0.05, 0.1) is 6.42 Å². The predicted octanol–water partition coefficient (Wildman–Crippen LogP) is 2.52. The summed E-state index contributed by atoms with van der Waals surface area (Å²) >= 11 is 0. The van der Waals surface area contributed by atoms with E-state index in [9.17, 15) is 9.59 Å². The standard InChI is InChI=1S/C17H22N2O3/c1-2-13-3-5-14(6-4-13)15-8-11-19(12-9-15)17(22)18-10-7-16(20)21/h3-6,8H,2,7,9-12H2,1H3,(H,18,22)(H,20,21). The lowest BCUT2D eigenvalue weighted by Crippen LogP contribution is -2.42. The Kier molecular flexibility index (Phi) is 5.58. The lowest BCUT2D eigenvalue weighted by atomic mass is 9.98. The van der Waals surface area contributed by atoms with E-state index in [4.69, 9.17) is 5.11 Å². The lowest BCUT2D eigenvalue weighted by Gasteiger charge is -2.26. The molecule has 0 aromatic heterocycles. The number of nitrogens with one attached hydrogen (secondary N) is 1. The quantitative estimate of drug-likeness (QED) is 0.878. The number of aliphatic carboxylic acids is 1. The highest BCUT2D eigenvalue weighted by Gasteiger charge is 2.17. The molecule has 1 aromatic rings. The monoisotopic (exact) mass is 302 g/mol. The number of hydrogen-bond acceptors (Lipinski definition) is 2. The molecule has 0 unspecified atom stereocenters. The minimum absolute atomic E-state index is 0.0511. The highest BCUT2D eigenvalue weighted by molar-refractivity contribution is 5.77. The van der Waals surface area contributed by atoms with Crippen LogP contribution in [0.2, 0.25) is 0 Å². The van der Waals surface area contributed by atoms with Crippen LogP contribution in [0.4, 0.5) is 4.79 Å². The first-order valence-electron chi connectivity index (χ1n) is 7.63. The fourth-order valence-corrected chi connectivity index (χ4v) is 2.46. The molecule has 5 heteroatoms. The maximum Gasteiger partial charge on any atom is 0.317 e. The molecule has 0 spiro atoms. The van der Waals surface area contributed by atoms with Gasteiger partial charge < -0.3 is 15.3 Å². The van der Waals surface area contributed by atoms with Gasteiger partial charge in [0.2, 0.25) is 0 Å². The molecular weight excluding hydrogens is 280 g/mol. The Labute approximate surface area is 130 Å². The van der Waals surface area contributed by atoms with Crippen molar-refractivity contribution in [3.8, 4) is 0 Å². The molecule has 0 saturated heterocycles. The Morgan fingerprint density at radius 1 is 1.27 bits per heavy atom. The van der Waals surface area contributed by atoms with Crippen LogP contribution < -0.4 is 5.32 Å². The number of carboxylic acids is 1. The smallest absolute Gasteiger partial charge is 0.317 e. The highest BCUT2D eigenvalue weighted by Crippen LogP contribution is 2.22. The molecule has 1 aliphatic heterocycles. The number of carbonyl (C=O) groups is 2. The molecule has 0 aliphatic carbocycles. The van der Waals surface area contributed by atoms with E-state index in [1.165, 1.54) is 16.7 Å². The van der Waals surface area contributed by atoms with Gasteiger partial charge >= 0.3 is 12.0 Å². The summed E-state index contributed by atoms with van der Waals surface area (Å²) in [5, 5.41) is 11.2. The molecule has 5 nitrogen and oxygen atoms in total. The maximum absolute atomic E-state index is 11.9. The summed E-state index contributed by atoms with van der Waals surface area (Å²) in [6, 6.07) is 8.35. The van der Waals surface area contributed by atoms with Crippen molar-refractivity contribution in [2.75, 3.05) is 19.6 Å². The van der Waals surface area contributed by atoms with E-state index in [-0.39, 0.29) is 19.0 Å². The summed E-state index contributed by atoms with van der Waals surface area (Å²) in [6.45, 7) is 3.51. The normalized spacial score (nSPS) is 14.4. The Bertz CT molecular complexity index is 564. The molecule has 2 rings (SSSR count). The van der Waals surface area contributed by atoms with Crippen LogP contribution in [0.3, 0.4) is 0 Å². The van der Waals surface area contributed by atoms with Crippen molar-refractivity contribution in [3.05, 3.63) is 41.5 Å². The first kappa shape index (κ1) is 16.1. The van der Waals surface area contributed by atoms with Crippen LogP contribution in [-0.2, 0) is 11.2 Å². The van der Waals surface area contributed by atoms with E-state index < -0.39 is 5.97 Å². The van der Waals surface area contributed by atoms with Crippen LogP contribution in [-0.4, -0.2) is 41.6 Å². The van der Waals surface area contributed by atoms with Crippen molar-refractivity contribution in [2.45, 2.75) is 26.2 Å². The van der Waals surface area contributed by atoms with Crippen LogP contribution in [0.25, 0.3) is 5.57 Å². The molecule has 1 heterocycles. The van der Waals surface area contributed by atoms with Gasteiger partial charge in [-0.05, 0) is 29.5 Å². The third-order valence-corrected chi connectivity index (χ3v) is 3.84. The van der Waals surface area contributed by atoms with Gasteiger partial charge in [-0.2, -0.15) is 0 Å². The van der Waals surface area contributed by atoms with E-state index in [1.54, 1.807) is 4.90 Å². The number of carbonyl (C=O) groups excluding carboxylic acids is 1. The van der Waals surface area contributed by atoms with Gasteiger partial charge in [0.15, 0.2) is 0 Å². The number of aryl methyl sites for hydroxylation is 1. The zero-order valence-corrected chi connectivity index (χ0v) is 12.8. The average molecular weight is 302 g/mol. The van der Waals surface area contributed by atoms with Gasteiger partial charge in [0.1, 0.15) is 0 Å². The molecule has 1 aliphatic rings. The minimum atomic E-state index is -0.906. The number of rotatable bonds is 5. The van der Waals surface area contributed by atoms with Gasteiger partial charge in [-0.15, -0.1) is 0 Å². The van der Waals surface area contributed by atoms with Crippen molar-refractivity contribution in [2.24, 2.45) is 0 Å². The number of nitrogens with zero attached hydrogens (tertiary/aromatic N) is 1. The van der Waals surface area contributed by atoms with E-state index >= 15 is 0 Å². The third kappa shape index (κ3) is 4.35. The number of urea groups is 1. The molecule has 0 fully saturated rings. The van der Waals surface area contributed by atoms with E-state index in [0.29, 0.717) is 13.1 Å². The molecule has 2 amide bonds. The van der Waals surface area contributed by atoms with Gasteiger partial charge in [-0.1, -0.05) is 37.3 Å². The third-order valence-electron chi connectivity index (χ3n) is 3.84. The molecular formula is C17H22N2O3. The van der Waals surface area contributed by atoms with E-state index in [2.05, 4.69) is 42.6 Å². The molecule has 22 heavy (non-hydrogen) atoms. The van der Waals surface area contributed by atoms with Crippen molar-refractivity contribution < 1.29 is 14.7 Å². The summed E-state index contributed by atoms with van der Waals surface area (Å²) in [7, 11) is 0. The van der Waals surface area contributed by atoms with Crippen molar-refractivity contribution in [3.63, 3.8) is 0 Å². The molecule has 1 aromatic carbocycles. The molecule has 118 valence electrons. The minimum Gasteiger partial charge on any atom is -0.481 e. The number of benzene rings is 1. The van der Waals surface area contributed by atoms with Crippen LogP contribution >= 0.6 is 0 Å². The summed E-state index contributed by atoms with van der Waals surface area (Å²) in [4.78, 5) is 24.0. The predicted molar refractivity (Wildman–Crippen MR) is 85.6 cm³/mol. The Morgan fingerprint density at radius 2 is 2.00 bits per heavy atom. The lowest BCUT2D eigenvalue weighted by molar-refractivity contribution is -0.136. The van der Waals surface area contributed by atoms with E-state index in [0.717, 1.165) is 12.8 Å². The topological polar surface area (TPSA) is 69.6 Å². The van der Waals surface area contributed by atoms with Crippen LogP contribution in [0.15, 0.2) is 30.3 Å². The SMILES string of the molecule is CCc1ccc(C2=CCN(C(=O)NCCC(=O)O)CC2)cc1. The molecule has 0 saturated carbocycles. The zero-order chi connectivity index (χ0) is 15.9. The summed E-state index contributed by atoms with van der Waals surface area (Å²) in [6.07, 6.45) is 3.87. The fraction of sp³-hybridized carbons (Fsp3) is 0.412. The fourth-order valence-electron chi connectivity index (χ4n) is 2.46. The summed E-state index contributed by atoms with van der Waals surface area (Å²) < 4.78 is 0. The van der Waals surface area contributed by atoms with Gasteiger partial charge in [0.25, 0.3) is 0 Å². The van der Waals surface area contributed by atoms with Crippen molar-refractivity contribution >= 4 is 17.6 Å². The molecule has 2 N–H and O–H groups in total. The van der Waals surface area contributed by atoms with Crippen LogP contribution in [0.5, 0.6) is 0 Å².